The van der Waals surface area contributed by atoms with Gasteiger partial charge in [0.1, 0.15) is 11.6 Å². The maximum Gasteiger partial charge on any atom is 0.315 e. The molecule has 3 aromatic rings. The smallest absolute Gasteiger partial charge is 0.315 e. The highest BCUT2D eigenvalue weighted by atomic mass is 19.1. The molecule has 31 heavy (non-hydrogen) atoms. The Morgan fingerprint density at radius 2 is 1.68 bits per heavy atom. The van der Waals surface area contributed by atoms with Crippen LogP contribution in [0.4, 0.5) is 4.39 Å². The first-order valence-corrected chi connectivity index (χ1v) is 9.41. The average Bonchev–Trinajstić information content (AvgIpc) is 2.80. The third kappa shape index (κ3) is 5.71. The number of carbonyl (C=O) groups is 1. The number of halogens is 1. The summed E-state index contributed by atoms with van der Waals surface area (Å²) in [7, 11) is 3.05. The molecular formula is C25H20FNO4. The van der Waals surface area contributed by atoms with Crippen molar-refractivity contribution in [3.8, 4) is 23.3 Å². The van der Waals surface area contributed by atoms with Crippen LogP contribution in [0.2, 0.25) is 0 Å². The van der Waals surface area contributed by atoms with Crippen LogP contribution in [0.3, 0.4) is 0 Å². The van der Waals surface area contributed by atoms with Crippen molar-refractivity contribution in [2.75, 3.05) is 14.2 Å². The van der Waals surface area contributed by atoms with Gasteiger partial charge >= 0.3 is 5.97 Å². The standard InChI is InChI=1S/C25H20FNO4/c1-29-22-10-6-19(7-11-22)20(16-27)13-18-5-12-23(24(14-18)30-2)31-25(28)15-17-3-8-21(26)9-4-17/h3-14H,15H2,1-2H3/b20-13-. The van der Waals surface area contributed by atoms with Crippen molar-refractivity contribution in [2.45, 2.75) is 6.42 Å². The van der Waals surface area contributed by atoms with Crippen LogP contribution in [0.1, 0.15) is 16.7 Å². The zero-order valence-corrected chi connectivity index (χ0v) is 17.1. The molecule has 0 atom stereocenters. The first kappa shape index (κ1) is 21.6. The number of esters is 1. The van der Waals surface area contributed by atoms with E-state index in [1.807, 2.05) is 0 Å². The zero-order valence-electron chi connectivity index (χ0n) is 17.1. The van der Waals surface area contributed by atoms with Crippen molar-refractivity contribution in [1.29, 1.82) is 5.26 Å². The van der Waals surface area contributed by atoms with Gasteiger partial charge in [-0.3, -0.25) is 4.79 Å². The molecule has 0 radical (unpaired) electrons. The van der Waals surface area contributed by atoms with Gasteiger partial charge in [0.15, 0.2) is 11.5 Å². The summed E-state index contributed by atoms with van der Waals surface area (Å²) in [6.45, 7) is 0. The van der Waals surface area contributed by atoms with E-state index in [4.69, 9.17) is 14.2 Å². The number of hydrogen-bond acceptors (Lipinski definition) is 5. The second kappa shape index (κ2) is 10.1. The fraction of sp³-hybridized carbons (Fsp3) is 0.120. The monoisotopic (exact) mass is 417 g/mol. The summed E-state index contributed by atoms with van der Waals surface area (Å²) in [5, 5.41) is 9.55. The summed E-state index contributed by atoms with van der Waals surface area (Å²) in [6, 6.07) is 20.0. The van der Waals surface area contributed by atoms with Gasteiger partial charge in [0.25, 0.3) is 0 Å². The lowest BCUT2D eigenvalue weighted by Gasteiger charge is -2.10. The van der Waals surface area contributed by atoms with Crippen LogP contribution >= 0.6 is 0 Å². The maximum absolute atomic E-state index is 13.0. The van der Waals surface area contributed by atoms with Crippen LogP contribution in [0.25, 0.3) is 11.6 Å². The molecule has 156 valence electrons. The summed E-state index contributed by atoms with van der Waals surface area (Å²) < 4.78 is 28.9. The summed E-state index contributed by atoms with van der Waals surface area (Å²) in [4.78, 5) is 12.2. The van der Waals surface area contributed by atoms with E-state index in [2.05, 4.69) is 6.07 Å². The Balaban J connectivity index is 1.78. The van der Waals surface area contributed by atoms with Crippen LogP contribution in [0, 0.1) is 17.1 Å². The largest absolute Gasteiger partial charge is 0.497 e. The van der Waals surface area contributed by atoms with E-state index < -0.39 is 5.97 Å². The van der Waals surface area contributed by atoms with Crippen molar-refractivity contribution < 1.29 is 23.4 Å². The van der Waals surface area contributed by atoms with Gasteiger partial charge in [0.2, 0.25) is 0 Å². The highest BCUT2D eigenvalue weighted by Crippen LogP contribution is 2.30. The van der Waals surface area contributed by atoms with E-state index in [9.17, 15) is 14.4 Å². The van der Waals surface area contributed by atoms with Gasteiger partial charge in [0, 0.05) is 0 Å². The first-order valence-electron chi connectivity index (χ1n) is 9.41. The Kier molecular flexibility index (Phi) is 7.02. The first-order chi connectivity index (χ1) is 15.0. The molecule has 0 bridgehead atoms. The molecule has 0 aromatic heterocycles. The second-order valence-corrected chi connectivity index (χ2v) is 6.59. The third-order valence-corrected chi connectivity index (χ3v) is 4.51. The number of nitriles is 1. The van der Waals surface area contributed by atoms with E-state index >= 15 is 0 Å². The number of benzene rings is 3. The molecular weight excluding hydrogens is 397 g/mol. The molecule has 0 fully saturated rings. The highest BCUT2D eigenvalue weighted by Gasteiger charge is 2.12. The summed E-state index contributed by atoms with van der Waals surface area (Å²) in [5.74, 6) is 0.454. The van der Waals surface area contributed by atoms with E-state index in [0.29, 0.717) is 28.2 Å². The molecule has 0 unspecified atom stereocenters. The second-order valence-electron chi connectivity index (χ2n) is 6.59. The van der Waals surface area contributed by atoms with E-state index in [-0.39, 0.29) is 18.0 Å². The Hall–Kier alpha value is -4.11. The van der Waals surface area contributed by atoms with Crippen LogP contribution in [-0.2, 0) is 11.2 Å². The minimum Gasteiger partial charge on any atom is -0.497 e. The lowest BCUT2D eigenvalue weighted by Crippen LogP contribution is -2.12. The number of ether oxygens (including phenoxy) is 3. The lowest BCUT2D eigenvalue weighted by atomic mass is 10.0. The van der Waals surface area contributed by atoms with Crippen molar-refractivity contribution in [3.05, 3.63) is 89.2 Å². The molecule has 0 heterocycles. The van der Waals surface area contributed by atoms with Crippen molar-refractivity contribution in [3.63, 3.8) is 0 Å². The number of allylic oxidation sites excluding steroid dienone is 1. The van der Waals surface area contributed by atoms with Gasteiger partial charge in [-0.15, -0.1) is 0 Å². The molecule has 0 aliphatic carbocycles. The molecule has 0 amide bonds. The molecule has 3 aromatic carbocycles. The molecule has 0 saturated carbocycles. The quantitative estimate of drug-likeness (QED) is 0.233. The lowest BCUT2D eigenvalue weighted by molar-refractivity contribution is -0.133. The van der Waals surface area contributed by atoms with Gasteiger partial charge in [-0.25, -0.2) is 4.39 Å². The number of rotatable bonds is 7. The van der Waals surface area contributed by atoms with Crippen LogP contribution in [0.15, 0.2) is 66.7 Å². The van der Waals surface area contributed by atoms with Crippen LogP contribution < -0.4 is 14.2 Å². The summed E-state index contributed by atoms with van der Waals surface area (Å²) in [6.07, 6.45) is 1.72. The molecule has 0 N–H and O–H groups in total. The predicted octanol–water partition coefficient (Wildman–Crippen LogP) is 5.06. The fourth-order valence-electron chi connectivity index (χ4n) is 2.90. The number of hydrogen-bond donors (Lipinski definition) is 0. The van der Waals surface area contributed by atoms with Gasteiger partial charge in [0.05, 0.1) is 32.3 Å². The molecule has 0 aliphatic heterocycles. The molecule has 0 spiro atoms. The summed E-state index contributed by atoms with van der Waals surface area (Å²) in [5.41, 5.74) is 2.56. The van der Waals surface area contributed by atoms with Crippen molar-refractivity contribution in [2.24, 2.45) is 0 Å². The zero-order chi connectivity index (χ0) is 22.2. The Bertz CT molecular complexity index is 1130. The van der Waals surface area contributed by atoms with Gasteiger partial charge in [-0.1, -0.05) is 18.2 Å². The molecule has 3 rings (SSSR count). The maximum atomic E-state index is 13.0. The predicted molar refractivity (Wildman–Crippen MR) is 115 cm³/mol. The number of nitrogens with zero attached hydrogens (tertiary/aromatic N) is 1. The van der Waals surface area contributed by atoms with Gasteiger partial charge in [-0.05, 0) is 71.3 Å². The van der Waals surface area contributed by atoms with Crippen molar-refractivity contribution in [1.82, 2.24) is 0 Å². The number of methoxy groups -OCH3 is 2. The summed E-state index contributed by atoms with van der Waals surface area (Å²) >= 11 is 0. The minimum atomic E-state index is -0.496. The fourth-order valence-corrected chi connectivity index (χ4v) is 2.90. The van der Waals surface area contributed by atoms with E-state index in [1.165, 1.54) is 31.4 Å². The average molecular weight is 417 g/mol. The van der Waals surface area contributed by atoms with E-state index in [1.54, 1.807) is 55.7 Å². The SMILES string of the molecule is COc1ccc(/C(C#N)=C\c2ccc(OC(=O)Cc3ccc(F)cc3)c(OC)c2)cc1. The highest BCUT2D eigenvalue weighted by molar-refractivity contribution is 5.90. The molecule has 6 heteroatoms. The topological polar surface area (TPSA) is 68.5 Å². The van der Waals surface area contributed by atoms with E-state index in [0.717, 1.165) is 5.56 Å². The Morgan fingerprint density at radius 1 is 0.968 bits per heavy atom. The van der Waals surface area contributed by atoms with Crippen LogP contribution in [-0.4, -0.2) is 20.2 Å². The molecule has 5 nitrogen and oxygen atoms in total. The van der Waals surface area contributed by atoms with Gasteiger partial charge < -0.3 is 14.2 Å². The Labute approximate surface area is 179 Å². The number of carbonyl (C=O) groups excluding carboxylic acids is 1. The third-order valence-electron chi connectivity index (χ3n) is 4.51. The Morgan fingerprint density at radius 3 is 2.29 bits per heavy atom. The van der Waals surface area contributed by atoms with Crippen molar-refractivity contribution >= 4 is 17.6 Å². The van der Waals surface area contributed by atoms with Crippen LogP contribution in [0.5, 0.6) is 17.2 Å². The van der Waals surface area contributed by atoms with Gasteiger partial charge in [-0.2, -0.15) is 5.26 Å². The minimum absolute atomic E-state index is 0.00113. The normalized spacial score (nSPS) is 10.8. The molecule has 0 saturated heterocycles. The molecule has 0 aliphatic rings.